The van der Waals surface area contributed by atoms with Gasteiger partial charge in [0.05, 0.1) is 0 Å². The zero-order valence-corrected chi connectivity index (χ0v) is 8.52. The summed E-state index contributed by atoms with van der Waals surface area (Å²) >= 11 is 2.87. The van der Waals surface area contributed by atoms with Crippen LogP contribution in [-0.4, -0.2) is 37.5 Å². The lowest BCUT2D eigenvalue weighted by Gasteiger charge is -2.35. The molecule has 1 rings (SSSR count). The number of nitrogens with zero attached hydrogens (tertiary/aromatic N) is 1. The number of rotatable bonds is 2. The molecule has 1 N–H and O–H groups in total. The van der Waals surface area contributed by atoms with Gasteiger partial charge in [-0.3, -0.25) is 4.79 Å². The van der Waals surface area contributed by atoms with Gasteiger partial charge in [-0.15, -0.1) is 0 Å². The lowest BCUT2D eigenvalue weighted by atomic mass is 10.0. The Labute approximate surface area is 80.6 Å². The molecule has 4 heteroatoms. The molecular formula is C8H11BrN2O. The van der Waals surface area contributed by atoms with Crippen LogP contribution in [0.3, 0.4) is 0 Å². The molecule has 0 radical (unpaired) electrons. The maximum absolute atomic E-state index is 10.8. The zero-order valence-electron chi connectivity index (χ0n) is 6.93. The topological polar surface area (TPSA) is 32.3 Å². The molecule has 0 atom stereocenters. The van der Waals surface area contributed by atoms with Gasteiger partial charge in [0.2, 0.25) is 0 Å². The average molecular weight is 231 g/mol. The van der Waals surface area contributed by atoms with Crippen molar-refractivity contribution in [1.29, 1.82) is 0 Å². The minimum Gasteiger partial charge on any atom is -0.345 e. The van der Waals surface area contributed by atoms with Gasteiger partial charge in [0, 0.05) is 47.4 Å². The van der Waals surface area contributed by atoms with Crippen molar-refractivity contribution in [3.8, 4) is 10.8 Å². The number of carbonyl (C=O) groups excluding carboxylic acids is 1. The van der Waals surface area contributed by atoms with E-state index in [4.69, 9.17) is 0 Å². The quantitative estimate of drug-likeness (QED) is 0.679. The molecule has 3 nitrogen and oxygen atoms in total. The number of nitrogens with one attached hydrogen (secondary N) is 1. The molecule has 0 aromatic heterocycles. The first kappa shape index (κ1) is 9.56. The third-order valence-corrected chi connectivity index (χ3v) is 2.05. The van der Waals surface area contributed by atoms with Gasteiger partial charge in [0.25, 0.3) is 5.91 Å². The number of amides is 1. The van der Waals surface area contributed by atoms with Crippen molar-refractivity contribution in [3.63, 3.8) is 0 Å². The first-order chi connectivity index (χ1) is 5.72. The zero-order chi connectivity index (χ0) is 8.97. The van der Waals surface area contributed by atoms with E-state index < -0.39 is 0 Å². The first-order valence-corrected chi connectivity index (χ1v) is 4.59. The number of likely N-dealkylation sites (tertiary alicyclic amines) is 1. The molecule has 0 saturated carbocycles. The van der Waals surface area contributed by atoms with E-state index in [0.29, 0.717) is 5.92 Å². The molecule has 1 aliphatic heterocycles. The summed E-state index contributed by atoms with van der Waals surface area (Å²) in [5.74, 6) is 2.76. The van der Waals surface area contributed by atoms with Crippen LogP contribution in [0.2, 0.25) is 0 Å². The van der Waals surface area contributed by atoms with Gasteiger partial charge >= 0.3 is 0 Å². The van der Waals surface area contributed by atoms with Gasteiger partial charge in [0.1, 0.15) is 0 Å². The van der Waals surface area contributed by atoms with E-state index >= 15 is 0 Å². The summed E-state index contributed by atoms with van der Waals surface area (Å²) in [7, 11) is 2.07. The molecule has 0 unspecified atom stereocenters. The van der Waals surface area contributed by atoms with Crippen LogP contribution in [-0.2, 0) is 4.79 Å². The largest absolute Gasteiger partial charge is 0.345 e. The second-order valence-electron chi connectivity index (χ2n) is 3.02. The molecule has 1 saturated heterocycles. The highest BCUT2D eigenvalue weighted by Crippen LogP contribution is 2.10. The van der Waals surface area contributed by atoms with Crippen molar-refractivity contribution in [1.82, 2.24) is 10.2 Å². The van der Waals surface area contributed by atoms with Gasteiger partial charge in [-0.2, -0.15) is 0 Å². The highest BCUT2D eigenvalue weighted by atomic mass is 79.9. The monoisotopic (exact) mass is 230 g/mol. The van der Waals surface area contributed by atoms with E-state index in [2.05, 4.69) is 43.9 Å². The van der Waals surface area contributed by atoms with Crippen LogP contribution in [0, 0.1) is 16.7 Å². The number of hydrogen-bond donors (Lipinski definition) is 1. The van der Waals surface area contributed by atoms with Crippen LogP contribution in [0.15, 0.2) is 0 Å². The summed E-state index contributed by atoms with van der Waals surface area (Å²) in [6.07, 6.45) is 0. The van der Waals surface area contributed by atoms with Crippen LogP contribution in [0.25, 0.3) is 0 Å². The van der Waals surface area contributed by atoms with Crippen LogP contribution >= 0.6 is 15.9 Å². The van der Waals surface area contributed by atoms with E-state index in [1.165, 1.54) is 0 Å². The minimum absolute atomic E-state index is 0.207. The molecule has 0 aromatic rings. The molecular weight excluding hydrogens is 220 g/mol. The van der Waals surface area contributed by atoms with Crippen molar-refractivity contribution in [2.24, 2.45) is 5.92 Å². The van der Waals surface area contributed by atoms with Crippen molar-refractivity contribution >= 4 is 21.8 Å². The number of carbonyl (C=O) groups is 1. The predicted octanol–water partition coefficient (Wildman–Crippen LogP) is 0.0200. The van der Waals surface area contributed by atoms with E-state index in [9.17, 15) is 4.79 Å². The number of hydrogen-bond acceptors (Lipinski definition) is 2. The van der Waals surface area contributed by atoms with Crippen molar-refractivity contribution in [2.45, 2.75) is 0 Å². The fourth-order valence-corrected chi connectivity index (χ4v) is 1.46. The summed E-state index contributed by atoms with van der Waals surface area (Å²) < 4.78 is 0. The molecule has 0 aromatic carbocycles. The maximum atomic E-state index is 10.8. The third-order valence-electron chi connectivity index (χ3n) is 1.85. The Morgan fingerprint density at radius 2 is 2.42 bits per heavy atom. The van der Waals surface area contributed by atoms with Gasteiger partial charge < -0.3 is 10.2 Å². The van der Waals surface area contributed by atoms with E-state index in [1.54, 1.807) is 0 Å². The maximum Gasteiger partial charge on any atom is 0.296 e. The van der Waals surface area contributed by atoms with Gasteiger partial charge in [-0.1, -0.05) is 0 Å². The lowest BCUT2D eigenvalue weighted by Crippen LogP contribution is -2.49. The standard InChI is InChI=1S/C8H11BrN2O/c1-11-5-7(6-11)4-10-8(12)2-3-9/h7H,4-6H2,1H3,(H,10,12). The van der Waals surface area contributed by atoms with Crippen LogP contribution < -0.4 is 5.32 Å². The van der Waals surface area contributed by atoms with E-state index in [0.717, 1.165) is 19.6 Å². The fourth-order valence-electron chi connectivity index (χ4n) is 1.28. The molecule has 1 fully saturated rings. The van der Waals surface area contributed by atoms with Crippen molar-refractivity contribution in [2.75, 3.05) is 26.7 Å². The summed E-state index contributed by atoms with van der Waals surface area (Å²) in [4.78, 5) is 15.4. The van der Waals surface area contributed by atoms with E-state index in [-0.39, 0.29) is 5.91 Å². The molecule has 0 spiro atoms. The average Bonchev–Trinajstić information content (AvgIpc) is 1.96. The molecule has 1 heterocycles. The van der Waals surface area contributed by atoms with Gasteiger partial charge in [-0.05, 0) is 11.9 Å². The van der Waals surface area contributed by atoms with Crippen LogP contribution in [0.4, 0.5) is 0 Å². The van der Waals surface area contributed by atoms with Gasteiger partial charge in [0.15, 0.2) is 0 Å². The summed E-state index contributed by atoms with van der Waals surface area (Å²) in [6.45, 7) is 2.88. The second-order valence-corrected chi connectivity index (χ2v) is 3.41. The Morgan fingerprint density at radius 1 is 1.75 bits per heavy atom. The Bertz CT molecular complexity index is 225. The van der Waals surface area contributed by atoms with E-state index in [1.807, 2.05) is 0 Å². The summed E-state index contributed by atoms with van der Waals surface area (Å²) in [6, 6.07) is 0. The van der Waals surface area contributed by atoms with Crippen LogP contribution in [0.5, 0.6) is 0 Å². The SMILES string of the molecule is CN1CC(CNC(=O)C#CBr)C1. The Kier molecular flexibility index (Phi) is 3.57. The molecule has 1 amide bonds. The highest BCUT2D eigenvalue weighted by molar-refractivity contribution is 9.12. The van der Waals surface area contributed by atoms with Crippen molar-refractivity contribution < 1.29 is 4.79 Å². The van der Waals surface area contributed by atoms with Gasteiger partial charge in [-0.25, -0.2) is 0 Å². The fraction of sp³-hybridized carbons (Fsp3) is 0.625. The highest BCUT2D eigenvalue weighted by Gasteiger charge is 2.22. The Hall–Kier alpha value is -0.530. The lowest BCUT2D eigenvalue weighted by molar-refractivity contribution is -0.116. The third kappa shape index (κ3) is 2.84. The summed E-state index contributed by atoms with van der Waals surface area (Å²) in [5.41, 5.74) is 0. The second kappa shape index (κ2) is 4.48. The molecule has 0 aliphatic carbocycles. The minimum atomic E-state index is -0.207. The molecule has 66 valence electrons. The molecule has 12 heavy (non-hydrogen) atoms. The van der Waals surface area contributed by atoms with Crippen molar-refractivity contribution in [3.05, 3.63) is 0 Å². The molecule has 0 bridgehead atoms. The predicted molar refractivity (Wildman–Crippen MR) is 50.7 cm³/mol. The first-order valence-electron chi connectivity index (χ1n) is 3.80. The smallest absolute Gasteiger partial charge is 0.296 e. The summed E-state index contributed by atoms with van der Waals surface area (Å²) in [5, 5.41) is 2.74. The van der Waals surface area contributed by atoms with Crippen LogP contribution in [0.1, 0.15) is 0 Å². The Balaban J connectivity index is 2.09. The molecule has 1 aliphatic rings. The normalized spacial score (nSPS) is 17.5. The Morgan fingerprint density at radius 3 is 2.92 bits per heavy atom. The number of halogens is 1.